The topological polar surface area (TPSA) is 84.2 Å². The lowest BCUT2D eigenvalue weighted by Crippen LogP contribution is -2.39. The molecule has 0 radical (unpaired) electrons. The smallest absolute Gasteiger partial charge is 0.248 e. The molecule has 4 N–H and O–H groups in total. The zero-order valence-electron chi connectivity index (χ0n) is 12.7. The van der Waals surface area contributed by atoms with Crippen molar-refractivity contribution in [2.24, 2.45) is 11.7 Å². The maximum atomic E-state index is 12.1. The Labute approximate surface area is 130 Å². The second-order valence-corrected chi connectivity index (χ2v) is 6.52. The molecular weight excluding hydrogens is 278 g/mol. The number of nitrogens with one attached hydrogen (secondary N) is 2. The molecule has 0 aromatic heterocycles. The predicted molar refractivity (Wildman–Crippen MR) is 84.1 cm³/mol. The van der Waals surface area contributed by atoms with E-state index in [1.807, 2.05) is 12.1 Å². The summed E-state index contributed by atoms with van der Waals surface area (Å²) in [6, 6.07) is 8.27. The molecule has 0 aliphatic carbocycles. The minimum atomic E-state index is -0.434. The summed E-state index contributed by atoms with van der Waals surface area (Å²) in [4.78, 5) is 23.1. The van der Waals surface area contributed by atoms with Crippen LogP contribution in [-0.4, -0.2) is 23.9 Å². The number of nitrogens with two attached hydrogens (primary N) is 1. The molecule has 2 bridgehead atoms. The van der Waals surface area contributed by atoms with Gasteiger partial charge in [0.2, 0.25) is 11.8 Å². The third-order valence-corrected chi connectivity index (χ3v) is 4.77. The van der Waals surface area contributed by atoms with Gasteiger partial charge in [-0.25, -0.2) is 0 Å². The first kappa shape index (κ1) is 15.0. The summed E-state index contributed by atoms with van der Waals surface area (Å²) in [5.41, 5.74) is 6.67. The Hall–Kier alpha value is -1.88. The number of fused-ring (bicyclic) bond motifs is 2. The standard InChI is InChI=1S/C17H23N3O2/c18-17(22)13-3-1-11(2-4-13)10-19-16(21)9-12-7-14-5-6-15(8-12)20-14/h1-4,12,14-15,20H,5-10H2,(H2,18,22)(H,19,21). The van der Waals surface area contributed by atoms with Gasteiger partial charge in [-0.3, -0.25) is 9.59 Å². The Kier molecular flexibility index (Phi) is 4.43. The molecule has 2 unspecified atom stereocenters. The van der Waals surface area contributed by atoms with Crippen LogP contribution < -0.4 is 16.4 Å². The largest absolute Gasteiger partial charge is 0.366 e. The van der Waals surface area contributed by atoms with Crippen molar-refractivity contribution in [3.8, 4) is 0 Å². The quantitative estimate of drug-likeness (QED) is 0.767. The van der Waals surface area contributed by atoms with Crippen LogP contribution in [0.15, 0.2) is 24.3 Å². The van der Waals surface area contributed by atoms with Crippen LogP contribution in [0.5, 0.6) is 0 Å². The molecule has 2 heterocycles. The lowest BCUT2D eigenvalue weighted by Gasteiger charge is -2.28. The molecular formula is C17H23N3O2. The highest BCUT2D eigenvalue weighted by Crippen LogP contribution is 2.32. The molecule has 22 heavy (non-hydrogen) atoms. The van der Waals surface area contributed by atoms with Crippen molar-refractivity contribution in [1.29, 1.82) is 0 Å². The second kappa shape index (κ2) is 6.48. The first-order valence-corrected chi connectivity index (χ1v) is 8.01. The van der Waals surface area contributed by atoms with Crippen LogP contribution in [-0.2, 0) is 11.3 Å². The maximum absolute atomic E-state index is 12.1. The second-order valence-electron chi connectivity index (χ2n) is 6.52. The van der Waals surface area contributed by atoms with Crippen molar-refractivity contribution >= 4 is 11.8 Å². The molecule has 3 rings (SSSR count). The molecule has 2 fully saturated rings. The summed E-state index contributed by atoms with van der Waals surface area (Å²) in [6.45, 7) is 0.496. The third kappa shape index (κ3) is 3.65. The summed E-state index contributed by atoms with van der Waals surface area (Å²) in [6.07, 6.45) is 5.38. The van der Waals surface area contributed by atoms with E-state index < -0.39 is 5.91 Å². The Bertz CT molecular complexity index is 544. The molecule has 2 aliphatic rings. The Morgan fingerprint density at radius 3 is 2.36 bits per heavy atom. The van der Waals surface area contributed by atoms with E-state index >= 15 is 0 Å². The van der Waals surface area contributed by atoms with Crippen molar-refractivity contribution in [2.45, 2.75) is 50.7 Å². The Balaban J connectivity index is 1.45. The highest BCUT2D eigenvalue weighted by atomic mass is 16.1. The highest BCUT2D eigenvalue weighted by molar-refractivity contribution is 5.92. The van der Waals surface area contributed by atoms with Crippen molar-refractivity contribution in [2.75, 3.05) is 0 Å². The summed E-state index contributed by atoms with van der Waals surface area (Å²) in [7, 11) is 0. The number of hydrogen-bond acceptors (Lipinski definition) is 3. The minimum absolute atomic E-state index is 0.116. The molecule has 2 atom stereocenters. The van der Waals surface area contributed by atoms with Crippen LogP contribution in [0.4, 0.5) is 0 Å². The number of rotatable bonds is 5. The zero-order valence-corrected chi connectivity index (χ0v) is 12.7. The molecule has 2 saturated heterocycles. The maximum Gasteiger partial charge on any atom is 0.248 e. The van der Waals surface area contributed by atoms with E-state index in [1.54, 1.807) is 12.1 Å². The van der Waals surface area contributed by atoms with E-state index in [4.69, 9.17) is 5.73 Å². The van der Waals surface area contributed by atoms with Gasteiger partial charge in [-0.15, -0.1) is 0 Å². The van der Waals surface area contributed by atoms with Crippen molar-refractivity contribution in [3.63, 3.8) is 0 Å². The number of hydrogen-bond donors (Lipinski definition) is 3. The molecule has 1 aromatic carbocycles. The number of amides is 2. The van der Waals surface area contributed by atoms with Gasteiger partial charge in [0.25, 0.3) is 0 Å². The van der Waals surface area contributed by atoms with E-state index in [0.717, 1.165) is 18.4 Å². The number of carbonyl (C=O) groups excluding carboxylic acids is 2. The van der Waals surface area contributed by atoms with Gasteiger partial charge in [-0.1, -0.05) is 12.1 Å². The van der Waals surface area contributed by atoms with Gasteiger partial charge in [0.05, 0.1) is 0 Å². The van der Waals surface area contributed by atoms with Gasteiger partial charge in [0.15, 0.2) is 0 Å². The van der Waals surface area contributed by atoms with Gasteiger partial charge >= 0.3 is 0 Å². The number of carbonyl (C=O) groups is 2. The van der Waals surface area contributed by atoms with Gasteiger partial charge in [-0.2, -0.15) is 0 Å². The minimum Gasteiger partial charge on any atom is -0.366 e. The molecule has 1 aromatic rings. The number of benzene rings is 1. The van der Waals surface area contributed by atoms with Crippen molar-refractivity contribution in [1.82, 2.24) is 10.6 Å². The zero-order chi connectivity index (χ0) is 15.5. The normalized spacial score (nSPS) is 26.6. The SMILES string of the molecule is NC(=O)c1ccc(CNC(=O)CC2CC3CCC(C2)N3)cc1. The highest BCUT2D eigenvalue weighted by Gasteiger charge is 2.34. The molecule has 2 amide bonds. The van der Waals surface area contributed by atoms with Crippen molar-refractivity contribution < 1.29 is 9.59 Å². The van der Waals surface area contributed by atoms with Gasteiger partial charge < -0.3 is 16.4 Å². The van der Waals surface area contributed by atoms with Crippen LogP contribution in [0.1, 0.15) is 48.0 Å². The molecule has 0 saturated carbocycles. The first-order chi connectivity index (χ1) is 10.6. The van der Waals surface area contributed by atoms with Gasteiger partial charge in [0, 0.05) is 30.6 Å². The number of primary amides is 1. The molecule has 5 heteroatoms. The van der Waals surface area contributed by atoms with E-state index in [1.165, 1.54) is 12.8 Å². The Morgan fingerprint density at radius 2 is 1.77 bits per heavy atom. The predicted octanol–water partition coefficient (Wildman–Crippen LogP) is 1.32. The lowest BCUT2D eigenvalue weighted by molar-refractivity contribution is -0.122. The average molecular weight is 301 g/mol. The average Bonchev–Trinajstić information content (AvgIpc) is 2.84. The molecule has 5 nitrogen and oxygen atoms in total. The monoisotopic (exact) mass is 301 g/mol. The van der Waals surface area contributed by atoms with Crippen LogP contribution in [0.2, 0.25) is 0 Å². The fourth-order valence-corrected chi connectivity index (χ4v) is 3.66. The van der Waals surface area contributed by atoms with Crippen molar-refractivity contribution in [3.05, 3.63) is 35.4 Å². The fourth-order valence-electron chi connectivity index (χ4n) is 3.66. The third-order valence-electron chi connectivity index (χ3n) is 4.77. The molecule has 2 aliphatic heterocycles. The summed E-state index contributed by atoms with van der Waals surface area (Å²) in [5, 5.41) is 6.57. The van der Waals surface area contributed by atoms with Crippen LogP contribution in [0.3, 0.4) is 0 Å². The molecule has 118 valence electrons. The lowest BCUT2D eigenvalue weighted by atomic mass is 9.89. The fraction of sp³-hybridized carbons (Fsp3) is 0.529. The van der Waals surface area contributed by atoms with Gasteiger partial charge in [-0.05, 0) is 49.3 Å². The van der Waals surface area contributed by atoms with E-state index in [9.17, 15) is 9.59 Å². The molecule has 0 spiro atoms. The summed E-state index contributed by atoms with van der Waals surface area (Å²) in [5.74, 6) is 0.192. The van der Waals surface area contributed by atoms with E-state index in [2.05, 4.69) is 10.6 Å². The summed E-state index contributed by atoms with van der Waals surface area (Å²) >= 11 is 0. The van der Waals surface area contributed by atoms with E-state index in [-0.39, 0.29) is 5.91 Å². The van der Waals surface area contributed by atoms with Crippen LogP contribution in [0.25, 0.3) is 0 Å². The number of piperidine rings is 1. The van der Waals surface area contributed by atoms with Gasteiger partial charge in [0.1, 0.15) is 0 Å². The van der Waals surface area contributed by atoms with E-state index in [0.29, 0.717) is 36.5 Å². The van der Waals surface area contributed by atoms with Crippen LogP contribution in [0, 0.1) is 5.92 Å². The first-order valence-electron chi connectivity index (χ1n) is 8.01. The summed E-state index contributed by atoms with van der Waals surface area (Å²) < 4.78 is 0. The van der Waals surface area contributed by atoms with Crippen LogP contribution >= 0.6 is 0 Å². The Morgan fingerprint density at radius 1 is 1.14 bits per heavy atom.